The van der Waals surface area contributed by atoms with Crippen molar-refractivity contribution in [3.05, 3.63) is 119 Å². The molecule has 0 bridgehead atoms. The van der Waals surface area contributed by atoms with E-state index in [4.69, 9.17) is 4.98 Å². The highest BCUT2D eigenvalue weighted by Gasteiger charge is 2.26. The Labute approximate surface area is 209 Å². The Morgan fingerprint density at radius 1 is 0.889 bits per heavy atom. The molecule has 5 aromatic rings. The molecule has 0 saturated carbocycles. The van der Waals surface area contributed by atoms with Crippen LogP contribution in [0.2, 0.25) is 0 Å². The molecule has 1 aromatic heterocycles. The maximum absolute atomic E-state index is 13.8. The lowest BCUT2D eigenvalue weighted by atomic mass is 10.1. The molecule has 36 heavy (non-hydrogen) atoms. The molecular weight excluding hydrogens is 448 g/mol. The summed E-state index contributed by atoms with van der Waals surface area (Å²) in [5.41, 5.74) is 2.26. The van der Waals surface area contributed by atoms with Gasteiger partial charge in [-0.2, -0.15) is 0 Å². The number of anilines is 1. The molecule has 2 amide bonds. The van der Waals surface area contributed by atoms with Crippen LogP contribution in [0, 0.1) is 0 Å². The summed E-state index contributed by atoms with van der Waals surface area (Å²) in [4.78, 5) is 33.7. The number of rotatable bonds is 6. The van der Waals surface area contributed by atoms with E-state index in [0.29, 0.717) is 29.8 Å². The quantitative estimate of drug-likeness (QED) is 0.310. The molecule has 180 valence electrons. The van der Waals surface area contributed by atoms with Gasteiger partial charge in [-0.25, -0.2) is 9.78 Å². The zero-order valence-electron chi connectivity index (χ0n) is 20.4. The fraction of sp³-hybridized carbons (Fsp3) is 0.167. The molecule has 4 aromatic carbocycles. The van der Waals surface area contributed by atoms with E-state index in [0.717, 1.165) is 22.0 Å². The number of fused-ring (bicyclic) bond motifs is 2. The van der Waals surface area contributed by atoms with Crippen LogP contribution >= 0.6 is 0 Å². The summed E-state index contributed by atoms with van der Waals surface area (Å²) < 4.78 is 1.66. The van der Waals surface area contributed by atoms with Gasteiger partial charge in [-0.15, -0.1) is 0 Å². The third-order valence-electron chi connectivity index (χ3n) is 6.54. The van der Waals surface area contributed by atoms with Crippen LogP contribution in [0.15, 0.2) is 102 Å². The van der Waals surface area contributed by atoms with Gasteiger partial charge in [0.15, 0.2) is 0 Å². The Kier molecular flexibility index (Phi) is 6.50. The fourth-order valence-electron chi connectivity index (χ4n) is 4.64. The maximum Gasteiger partial charge on any atom is 0.322 e. The van der Waals surface area contributed by atoms with Crippen molar-refractivity contribution in [2.24, 2.45) is 0 Å². The monoisotopic (exact) mass is 476 g/mol. The lowest BCUT2D eigenvalue weighted by Gasteiger charge is -2.31. The Morgan fingerprint density at radius 2 is 1.56 bits per heavy atom. The van der Waals surface area contributed by atoms with E-state index >= 15 is 0 Å². The number of nitrogens with zero attached hydrogens (tertiary/aromatic N) is 3. The lowest BCUT2D eigenvalue weighted by molar-refractivity contribution is 0.184. The molecule has 0 aliphatic carbocycles. The van der Waals surface area contributed by atoms with Crippen LogP contribution in [0.25, 0.3) is 21.7 Å². The van der Waals surface area contributed by atoms with Gasteiger partial charge in [0.2, 0.25) is 0 Å². The molecule has 0 saturated heterocycles. The van der Waals surface area contributed by atoms with Crippen LogP contribution in [0.4, 0.5) is 10.5 Å². The van der Waals surface area contributed by atoms with Crippen molar-refractivity contribution >= 4 is 33.4 Å². The number of nitrogens with one attached hydrogen (secondary N) is 1. The smallest absolute Gasteiger partial charge is 0.310 e. The maximum atomic E-state index is 13.8. The van der Waals surface area contributed by atoms with Crippen molar-refractivity contribution < 1.29 is 4.79 Å². The topological polar surface area (TPSA) is 67.2 Å². The summed E-state index contributed by atoms with van der Waals surface area (Å²) in [5.74, 6) is 0.560. The number of benzene rings is 4. The molecule has 1 heterocycles. The second-order valence-electron chi connectivity index (χ2n) is 8.78. The molecule has 1 unspecified atom stereocenters. The molecule has 0 aliphatic rings. The van der Waals surface area contributed by atoms with Gasteiger partial charge in [-0.3, -0.25) is 9.36 Å². The molecule has 0 aliphatic heterocycles. The summed E-state index contributed by atoms with van der Waals surface area (Å²) in [7, 11) is 0. The molecule has 1 atom stereocenters. The number of hydrogen-bond acceptors (Lipinski definition) is 3. The fourth-order valence-corrected chi connectivity index (χ4v) is 4.64. The van der Waals surface area contributed by atoms with Gasteiger partial charge in [0.05, 0.1) is 22.6 Å². The minimum atomic E-state index is -0.461. The first-order chi connectivity index (χ1) is 17.6. The van der Waals surface area contributed by atoms with Crippen LogP contribution in [0.1, 0.15) is 31.3 Å². The van der Waals surface area contributed by atoms with Crippen molar-refractivity contribution in [1.29, 1.82) is 0 Å². The average Bonchev–Trinajstić information content (AvgIpc) is 2.92. The highest BCUT2D eigenvalue weighted by molar-refractivity contribution is 6.01. The van der Waals surface area contributed by atoms with Crippen LogP contribution in [-0.2, 0) is 13.1 Å². The van der Waals surface area contributed by atoms with Gasteiger partial charge in [-0.05, 0) is 43.0 Å². The third kappa shape index (κ3) is 4.45. The number of para-hydroxylation sites is 1. The van der Waals surface area contributed by atoms with Crippen LogP contribution in [0.3, 0.4) is 0 Å². The zero-order valence-corrected chi connectivity index (χ0v) is 20.4. The van der Waals surface area contributed by atoms with Crippen molar-refractivity contribution in [1.82, 2.24) is 14.5 Å². The van der Waals surface area contributed by atoms with Gasteiger partial charge in [-0.1, -0.05) is 78.9 Å². The zero-order chi connectivity index (χ0) is 25.1. The summed E-state index contributed by atoms with van der Waals surface area (Å²) in [6, 6.07) is 30.3. The minimum Gasteiger partial charge on any atom is -0.310 e. The number of aromatic nitrogens is 2. The first-order valence-corrected chi connectivity index (χ1v) is 12.2. The standard InChI is InChI=1S/C30H28N4O2/c1-3-33-28(31-27-18-10-9-17-25(27)29(33)35)21(2)34(20-22-12-5-4-6-13-22)30(36)32-26-19-11-15-23-14-7-8-16-24(23)26/h4-19,21H,3,20H2,1-2H3,(H,32,36). The van der Waals surface area contributed by atoms with Crippen molar-refractivity contribution in [3.8, 4) is 0 Å². The predicted octanol–water partition coefficient (Wildman–Crippen LogP) is 6.36. The number of urea groups is 1. The predicted molar refractivity (Wildman–Crippen MR) is 145 cm³/mol. The van der Waals surface area contributed by atoms with E-state index in [-0.39, 0.29) is 11.6 Å². The lowest BCUT2D eigenvalue weighted by Crippen LogP contribution is -2.39. The molecule has 0 radical (unpaired) electrons. The highest BCUT2D eigenvalue weighted by Crippen LogP contribution is 2.27. The van der Waals surface area contributed by atoms with Gasteiger partial charge >= 0.3 is 6.03 Å². The van der Waals surface area contributed by atoms with E-state index in [9.17, 15) is 9.59 Å². The Hall–Kier alpha value is -4.45. The van der Waals surface area contributed by atoms with E-state index < -0.39 is 6.04 Å². The number of amides is 2. The van der Waals surface area contributed by atoms with Gasteiger partial charge in [0.1, 0.15) is 5.82 Å². The van der Waals surface area contributed by atoms with Crippen LogP contribution in [-0.4, -0.2) is 20.5 Å². The highest BCUT2D eigenvalue weighted by atomic mass is 16.2. The van der Waals surface area contributed by atoms with Crippen molar-refractivity contribution in [3.63, 3.8) is 0 Å². The van der Waals surface area contributed by atoms with Crippen LogP contribution < -0.4 is 10.9 Å². The summed E-state index contributed by atoms with van der Waals surface area (Å²) >= 11 is 0. The number of hydrogen-bond donors (Lipinski definition) is 1. The molecule has 5 rings (SSSR count). The second kappa shape index (κ2) is 10.0. The SMILES string of the molecule is CCn1c(C(C)N(Cc2ccccc2)C(=O)Nc2cccc3ccccc23)nc2ccccc2c1=O. The van der Waals surface area contributed by atoms with E-state index in [1.165, 1.54) is 0 Å². The Bertz CT molecular complexity index is 1590. The largest absolute Gasteiger partial charge is 0.322 e. The van der Waals surface area contributed by atoms with Gasteiger partial charge < -0.3 is 10.2 Å². The van der Waals surface area contributed by atoms with E-state index in [1.807, 2.05) is 105 Å². The second-order valence-corrected chi connectivity index (χ2v) is 8.78. The molecule has 0 fully saturated rings. The van der Waals surface area contributed by atoms with Crippen molar-refractivity contribution in [2.45, 2.75) is 33.0 Å². The van der Waals surface area contributed by atoms with E-state index in [2.05, 4.69) is 5.32 Å². The third-order valence-corrected chi connectivity index (χ3v) is 6.54. The summed E-state index contributed by atoms with van der Waals surface area (Å²) in [5, 5.41) is 5.71. The molecule has 6 heteroatoms. The molecule has 1 N–H and O–H groups in total. The minimum absolute atomic E-state index is 0.0981. The number of carbonyl (C=O) groups excluding carboxylic acids is 1. The summed E-state index contributed by atoms with van der Waals surface area (Å²) in [6.07, 6.45) is 0. The van der Waals surface area contributed by atoms with Crippen LogP contribution in [0.5, 0.6) is 0 Å². The number of carbonyl (C=O) groups is 1. The first kappa shape index (κ1) is 23.3. The van der Waals surface area contributed by atoms with Gasteiger partial charge in [0, 0.05) is 18.5 Å². The van der Waals surface area contributed by atoms with E-state index in [1.54, 1.807) is 15.5 Å². The normalized spacial score (nSPS) is 11.9. The van der Waals surface area contributed by atoms with Gasteiger partial charge in [0.25, 0.3) is 5.56 Å². The summed E-state index contributed by atoms with van der Waals surface area (Å²) in [6.45, 7) is 4.67. The Morgan fingerprint density at radius 3 is 2.33 bits per heavy atom. The molecule has 0 spiro atoms. The van der Waals surface area contributed by atoms with Crippen molar-refractivity contribution in [2.75, 3.05) is 5.32 Å². The Balaban J connectivity index is 1.57. The molecule has 6 nitrogen and oxygen atoms in total. The average molecular weight is 477 g/mol. The first-order valence-electron chi connectivity index (χ1n) is 12.2. The molecular formula is C30H28N4O2.